The van der Waals surface area contributed by atoms with E-state index in [4.69, 9.17) is 9.84 Å². The molecule has 0 bridgehead atoms. The van der Waals surface area contributed by atoms with Gasteiger partial charge in [0.05, 0.1) is 32.1 Å². The fourth-order valence-corrected chi connectivity index (χ4v) is 6.41. The normalized spacial score (nSPS) is 18.2. The predicted molar refractivity (Wildman–Crippen MR) is 212 cm³/mol. The van der Waals surface area contributed by atoms with Crippen LogP contribution in [-0.4, -0.2) is 95.2 Å². The molecule has 1 aliphatic heterocycles. The molecule has 6 rings (SSSR count). The summed E-state index contributed by atoms with van der Waals surface area (Å²) in [5, 5.41) is 59.6. The van der Waals surface area contributed by atoms with Gasteiger partial charge in [0, 0.05) is 48.7 Å². The fraction of sp³-hybridized carbons (Fsp3) is 0.359. The molecule has 0 spiro atoms. The molecule has 15 heteroatoms. The van der Waals surface area contributed by atoms with Gasteiger partial charge in [-0.2, -0.15) is 4.98 Å². The molecule has 0 radical (unpaired) electrons. The van der Waals surface area contributed by atoms with E-state index in [0.717, 1.165) is 39.2 Å². The number of benzene rings is 4. The Morgan fingerprint density at radius 3 is 2.48 bits per heavy atom. The van der Waals surface area contributed by atoms with E-state index in [9.17, 15) is 15.0 Å². The van der Waals surface area contributed by atoms with Crippen molar-refractivity contribution in [2.75, 3.05) is 54.2 Å². The summed E-state index contributed by atoms with van der Waals surface area (Å²) in [7, 11) is 0. The van der Waals surface area contributed by atoms with E-state index in [1.54, 1.807) is 6.07 Å². The number of hydrogen-bond acceptors (Lipinski definition) is 13. The molecular weight excluding hydrogens is 688 g/mol. The van der Waals surface area contributed by atoms with Crippen molar-refractivity contribution in [2.45, 2.75) is 57.6 Å². The Hall–Kier alpha value is -5.13. The highest BCUT2D eigenvalue weighted by Crippen LogP contribution is 2.23. The number of aryl methyl sites for hydroxylation is 1. The first-order chi connectivity index (χ1) is 26.2. The van der Waals surface area contributed by atoms with Gasteiger partial charge >= 0.3 is 6.03 Å². The van der Waals surface area contributed by atoms with Crippen LogP contribution in [0.1, 0.15) is 24.6 Å². The maximum atomic E-state index is 12.9. The Labute approximate surface area is 314 Å². The molecule has 54 heavy (non-hydrogen) atoms. The number of urea groups is 1. The molecule has 5 aromatic rings. The number of ether oxygens (including phenoxy) is 1. The number of nitrogens with one attached hydrogen (secondary N) is 8. The summed E-state index contributed by atoms with van der Waals surface area (Å²) in [5.74, 6) is 0.748. The Morgan fingerprint density at radius 2 is 1.65 bits per heavy atom. The van der Waals surface area contributed by atoms with Gasteiger partial charge in [-0.3, -0.25) is 16.0 Å². The summed E-state index contributed by atoms with van der Waals surface area (Å²) in [5.41, 5.74) is 3.01. The van der Waals surface area contributed by atoms with Crippen LogP contribution in [0.4, 0.5) is 27.9 Å². The van der Waals surface area contributed by atoms with Crippen molar-refractivity contribution >= 4 is 50.7 Å². The molecular formula is C39H50N10O5. The highest BCUT2D eigenvalue weighted by Gasteiger charge is 2.25. The summed E-state index contributed by atoms with van der Waals surface area (Å²) in [6, 6.07) is 27.1. The van der Waals surface area contributed by atoms with Gasteiger partial charge in [0.1, 0.15) is 12.1 Å². The van der Waals surface area contributed by atoms with E-state index in [-0.39, 0.29) is 37.3 Å². The van der Waals surface area contributed by atoms with E-state index in [2.05, 4.69) is 59.4 Å². The number of nitrogens with zero attached hydrogens (tertiary/aromatic N) is 2. The van der Waals surface area contributed by atoms with Gasteiger partial charge in [-0.15, -0.1) is 0 Å². The first-order valence-corrected chi connectivity index (χ1v) is 18.2. The fourth-order valence-electron chi connectivity index (χ4n) is 6.41. The summed E-state index contributed by atoms with van der Waals surface area (Å²) in [6.45, 7) is 5.54. The lowest BCUT2D eigenvalue weighted by Crippen LogP contribution is -2.67. The second kappa shape index (κ2) is 18.8. The molecule has 2 heterocycles. The average Bonchev–Trinajstić information content (AvgIpc) is 3.13. The third-order valence-electron chi connectivity index (χ3n) is 8.88. The van der Waals surface area contributed by atoms with Gasteiger partial charge < -0.3 is 46.6 Å². The number of anilines is 4. The van der Waals surface area contributed by atoms with Crippen LogP contribution in [0.3, 0.4) is 0 Å². The largest absolute Gasteiger partial charge is 0.394 e. The van der Waals surface area contributed by atoms with E-state index >= 15 is 0 Å². The Balaban J connectivity index is 0.980. The molecule has 4 aromatic carbocycles. The Bertz CT molecular complexity index is 2000. The quantitative estimate of drug-likeness (QED) is 0.0490. The summed E-state index contributed by atoms with van der Waals surface area (Å²) in [4.78, 5) is 21.8. The average molecular weight is 739 g/mol. The first-order valence-electron chi connectivity index (χ1n) is 18.2. The van der Waals surface area contributed by atoms with Crippen LogP contribution in [0.25, 0.3) is 21.5 Å². The number of aliphatic hydroxyl groups is 3. The van der Waals surface area contributed by atoms with Gasteiger partial charge in [-0.05, 0) is 71.6 Å². The third-order valence-corrected chi connectivity index (χ3v) is 8.88. The zero-order valence-electron chi connectivity index (χ0n) is 30.5. The topological polar surface area (TPSA) is 209 Å². The number of fused-ring (bicyclic) bond motifs is 2. The highest BCUT2D eigenvalue weighted by molar-refractivity contribution is 5.94. The minimum Gasteiger partial charge on any atom is -0.394 e. The van der Waals surface area contributed by atoms with Crippen molar-refractivity contribution < 1.29 is 24.9 Å². The van der Waals surface area contributed by atoms with E-state index < -0.39 is 18.7 Å². The van der Waals surface area contributed by atoms with Crippen molar-refractivity contribution in [3.05, 3.63) is 96.2 Å². The lowest BCUT2D eigenvalue weighted by molar-refractivity contribution is 0.0890. The monoisotopic (exact) mass is 738 g/mol. The molecule has 286 valence electrons. The predicted octanol–water partition coefficient (Wildman–Crippen LogP) is 3.21. The number of carbonyl (C=O) groups excluding carboxylic acids is 1. The Morgan fingerprint density at radius 1 is 0.889 bits per heavy atom. The smallest absolute Gasteiger partial charge is 0.321 e. The van der Waals surface area contributed by atoms with Crippen molar-refractivity contribution in [1.29, 1.82) is 0 Å². The number of rotatable bonds is 17. The number of aliphatic hydroxyl groups excluding tert-OH is 3. The zero-order chi connectivity index (χ0) is 37.9. The van der Waals surface area contributed by atoms with Gasteiger partial charge in [-0.25, -0.2) is 9.78 Å². The SMILES string of the molecule is Cc1cc(NCC(O)Cc2ccc3ccc(NC(=O)NC4NC(C)CC(NCCOCCO)N4)cc3c2)nc(NC(O)Nc2ccc3ccccc3c2)n1. The molecule has 5 unspecified atom stereocenters. The van der Waals surface area contributed by atoms with Gasteiger partial charge in [0.15, 0.2) is 0 Å². The van der Waals surface area contributed by atoms with Crippen LogP contribution < -0.4 is 42.5 Å². The molecule has 2 amide bonds. The molecule has 1 fully saturated rings. The molecule has 11 N–H and O–H groups in total. The standard InChI is InChI=1S/C39H50N10O5/c1-24-17-34(40-13-15-54-16-14-50)46-36(42-24)48-39(53)45-32-12-10-28-8-7-26(19-30(28)22-32)20-33(51)23-41-35-18-25(2)43-37(47-35)49-38(52)44-31-11-9-27-5-3-4-6-29(27)21-31/h3-12,18-19,21-22,24,33-34,36,38,40,42,44,46,50-52H,13-17,20,23H2,1-2H3,(H2,45,48,53)(H2,41,43,47,49). The molecule has 1 aromatic heterocycles. The van der Waals surface area contributed by atoms with Crippen LogP contribution in [-0.2, 0) is 11.2 Å². The summed E-state index contributed by atoms with van der Waals surface area (Å²) >= 11 is 0. The number of amides is 2. The highest BCUT2D eigenvalue weighted by atomic mass is 16.5. The molecule has 1 aliphatic rings. The van der Waals surface area contributed by atoms with Crippen molar-refractivity contribution in [1.82, 2.24) is 31.2 Å². The van der Waals surface area contributed by atoms with Crippen LogP contribution in [0.15, 0.2) is 84.9 Å². The van der Waals surface area contributed by atoms with Crippen LogP contribution in [0.5, 0.6) is 0 Å². The van der Waals surface area contributed by atoms with Gasteiger partial charge in [-0.1, -0.05) is 54.6 Å². The summed E-state index contributed by atoms with van der Waals surface area (Å²) in [6.07, 6.45) is -1.09. The lowest BCUT2D eigenvalue weighted by Gasteiger charge is -2.36. The third kappa shape index (κ3) is 11.4. The summed E-state index contributed by atoms with van der Waals surface area (Å²) < 4.78 is 5.32. The maximum absolute atomic E-state index is 12.9. The second-order valence-corrected chi connectivity index (χ2v) is 13.5. The molecule has 1 saturated heterocycles. The second-order valence-electron chi connectivity index (χ2n) is 13.5. The number of hydrogen-bond donors (Lipinski definition) is 11. The van der Waals surface area contributed by atoms with Crippen molar-refractivity contribution in [2.24, 2.45) is 0 Å². The van der Waals surface area contributed by atoms with E-state index in [0.29, 0.717) is 43.4 Å². The van der Waals surface area contributed by atoms with E-state index in [1.165, 1.54) is 0 Å². The number of carbonyl (C=O) groups is 1. The minimum atomic E-state index is -1.13. The lowest BCUT2D eigenvalue weighted by atomic mass is 10.0. The maximum Gasteiger partial charge on any atom is 0.321 e. The van der Waals surface area contributed by atoms with Gasteiger partial charge in [0.25, 0.3) is 0 Å². The van der Waals surface area contributed by atoms with Crippen LogP contribution in [0, 0.1) is 6.92 Å². The van der Waals surface area contributed by atoms with Crippen molar-refractivity contribution in [3.8, 4) is 0 Å². The first kappa shape index (κ1) is 38.6. The minimum absolute atomic E-state index is 0.00426. The van der Waals surface area contributed by atoms with Crippen molar-refractivity contribution in [3.63, 3.8) is 0 Å². The zero-order valence-corrected chi connectivity index (χ0v) is 30.5. The van der Waals surface area contributed by atoms with E-state index in [1.807, 2.05) is 85.8 Å². The van der Waals surface area contributed by atoms with Crippen LogP contribution in [0.2, 0.25) is 0 Å². The molecule has 15 nitrogen and oxygen atoms in total. The van der Waals surface area contributed by atoms with Gasteiger partial charge in [0.2, 0.25) is 12.3 Å². The molecule has 0 aliphatic carbocycles. The Kier molecular flexibility index (Phi) is 13.4. The van der Waals surface area contributed by atoms with Crippen LogP contribution >= 0.6 is 0 Å². The molecule has 5 atom stereocenters. The molecule has 0 saturated carbocycles. The number of aromatic nitrogens is 2.